The molecule has 1 aromatic carbocycles. The molecule has 1 aliphatic rings. The van der Waals surface area contributed by atoms with E-state index in [-0.39, 0.29) is 12.5 Å². The number of rotatable bonds is 2. The fourth-order valence-electron chi connectivity index (χ4n) is 2.32. The summed E-state index contributed by atoms with van der Waals surface area (Å²) in [7, 11) is 0. The monoisotopic (exact) mass is 315 g/mol. The van der Waals surface area contributed by atoms with Crippen LogP contribution >= 0.6 is 0 Å². The van der Waals surface area contributed by atoms with E-state index in [4.69, 9.17) is 10.00 Å². The molecule has 0 aromatic heterocycles. The van der Waals surface area contributed by atoms with E-state index >= 15 is 0 Å². The molecule has 0 unspecified atom stereocenters. The van der Waals surface area contributed by atoms with Crippen LogP contribution in [0.1, 0.15) is 31.9 Å². The van der Waals surface area contributed by atoms with Crippen LogP contribution in [-0.2, 0) is 16.1 Å². The smallest absolute Gasteiger partial charge is 0.410 e. The maximum atomic E-state index is 12.2. The zero-order valence-corrected chi connectivity index (χ0v) is 13.7. The molecule has 6 heteroatoms. The van der Waals surface area contributed by atoms with Crippen LogP contribution in [0, 0.1) is 11.3 Å². The second kappa shape index (κ2) is 6.69. The largest absolute Gasteiger partial charge is 0.444 e. The minimum absolute atomic E-state index is 0.0207. The van der Waals surface area contributed by atoms with E-state index in [1.54, 1.807) is 43.9 Å². The fourth-order valence-corrected chi connectivity index (χ4v) is 2.32. The molecule has 2 amide bonds. The van der Waals surface area contributed by atoms with Crippen molar-refractivity contribution in [2.45, 2.75) is 32.9 Å². The van der Waals surface area contributed by atoms with Gasteiger partial charge in [-0.2, -0.15) is 5.26 Å². The molecule has 2 rings (SSSR count). The summed E-state index contributed by atoms with van der Waals surface area (Å²) in [6.45, 7) is 6.75. The van der Waals surface area contributed by atoms with Gasteiger partial charge in [-0.3, -0.25) is 9.69 Å². The van der Waals surface area contributed by atoms with Crippen molar-refractivity contribution in [3.63, 3.8) is 0 Å². The lowest BCUT2D eigenvalue weighted by Crippen LogP contribution is -2.52. The van der Waals surface area contributed by atoms with Gasteiger partial charge in [-0.15, -0.1) is 0 Å². The van der Waals surface area contributed by atoms with Crippen LogP contribution in [0.5, 0.6) is 0 Å². The van der Waals surface area contributed by atoms with Gasteiger partial charge in [0.25, 0.3) is 0 Å². The van der Waals surface area contributed by atoms with Crippen molar-refractivity contribution in [3.05, 3.63) is 35.4 Å². The second-order valence-electron chi connectivity index (χ2n) is 6.53. The summed E-state index contributed by atoms with van der Waals surface area (Å²) in [6.07, 6.45) is -0.461. The van der Waals surface area contributed by atoms with E-state index in [0.29, 0.717) is 25.2 Å². The van der Waals surface area contributed by atoms with E-state index in [1.165, 1.54) is 4.90 Å². The van der Waals surface area contributed by atoms with Crippen LogP contribution in [0.2, 0.25) is 0 Å². The van der Waals surface area contributed by atoms with Gasteiger partial charge in [0.1, 0.15) is 12.1 Å². The summed E-state index contributed by atoms with van der Waals surface area (Å²) in [5.74, 6) is -0.121. The number of benzene rings is 1. The molecule has 0 spiro atoms. The molecule has 1 saturated heterocycles. The number of ether oxygens (including phenoxy) is 1. The number of hydrogen-bond acceptors (Lipinski definition) is 4. The van der Waals surface area contributed by atoms with Crippen molar-refractivity contribution in [1.29, 1.82) is 5.26 Å². The lowest BCUT2D eigenvalue weighted by molar-refractivity contribution is -0.136. The van der Waals surface area contributed by atoms with Gasteiger partial charge < -0.3 is 9.64 Å². The highest BCUT2D eigenvalue weighted by molar-refractivity contribution is 5.83. The van der Waals surface area contributed by atoms with Crippen LogP contribution in [0.3, 0.4) is 0 Å². The van der Waals surface area contributed by atoms with Crippen molar-refractivity contribution < 1.29 is 14.3 Å². The first kappa shape index (κ1) is 16.8. The topological polar surface area (TPSA) is 73.6 Å². The zero-order chi connectivity index (χ0) is 17.0. The third-order valence-corrected chi connectivity index (χ3v) is 3.40. The third kappa shape index (κ3) is 4.71. The molecule has 0 radical (unpaired) electrons. The number of piperazine rings is 1. The first-order valence-corrected chi connectivity index (χ1v) is 7.53. The Bertz CT molecular complexity index is 643. The molecule has 0 N–H and O–H groups in total. The Kier molecular flexibility index (Phi) is 4.89. The van der Waals surface area contributed by atoms with E-state index in [0.717, 1.165) is 5.56 Å². The molecule has 6 nitrogen and oxygen atoms in total. The summed E-state index contributed by atoms with van der Waals surface area (Å²) in [6, 6.07) is 9.27. The van der Waals surface area contributed by atoms with Gasteiger partial charge in [-0.1, -0.05) is 12.1 Å². The SMILES string of the molecule is CC(C)(C)OC(=O)N1CCN(Cc2cccc(C#N)c2)C(=O)C1. The molecule has 0 bridgehead atoms. The Hall–Kier alpha value is -2.55. The summed E-state index contributed by atoms with van der Waals surface area (Å²) >= 11 is 0. The van der Waals surface area contributed by atoms with Crippen molar-refractivity contribution in [2.24, 2.45) is 0 Å². The Balaban J connectivity index is 1.95. The van der Waals surface area contributed by atoms with Gasteiger partial charge in [0.15, 0.2) is 0 Å². The van der Waals surface area contributed by atoms with Gasteiger partial charge in [0, 0.05) is 19.6 Å². The highest BCUT2D eigenvalue weighted by Crippen LogP contribution is 2.14. The molecule has 1 fully saturated rings. The molecule has 1 aromatic rings. The normalized spacial score (nSPS) is 15.3. The van der Waals surface area contributed by atoms with E-state index in [9.17, 15) is 9.59 Å². The Labute approximate surface area is 136 Å². The summed E-state index contributed by atoms with van der Waals surface area (Å²) in [5, 5.41) is 8.92. The lowest BCUT2D eigenvalue weighted by atomic mass is 10.1. The molecular weight excluding hydrogens is 294 g/mol. The van der Waals surface area contributed by atoms with Crippen molar-refractivity contribution in [2.75, 3.05) is 19.6 Å². The van der Waals surface area contributed by atoms with Crippen LogP contribution in [0.4, 0.5) is 4.79 Å². The van der Waals surface area contributed by atoms with E-state index in [2.05, 4.69) is 6.07 Å². The van der Waals surface area contributed by atoms with Crippen molar-refractivity contribution >= 4 is 12.0 Å². The number of amides is 2. The predicted octanol–water partition coefficient (Wildman–Crippen LogP) is 2.14. The minimum Gasteiger partial charge on any atom is -0.444 e. The number of carbonyl (C=O) groups excluding carboxylic acids is 2. The lowest BCUT2D eigenvalue weighted by Gasteiger charge is -2.35. The van der Waals surface area contributed by atoms with Crippen LogP contribution < -0.4 is 0 Å². The Morgan fingerprint density at radius 1 is 1.35 bits per heavy atom. The first-order valence-electron chi connectivity index (χ1n) is 7.53. The minimum atomic E-state index is -0.574. The highest BCUT2D eigenvalue weighted by Gasteiger charge is 2.30. The first-order chi connectivity index (χ1) is 10.8. The van der Waals surface area contributed by atoms with Crippen LogP contribution in [-0.4, -0.2) is 47.0 Å². The quantitative estimate of drug-likeness (QED) is 0.838. The number of nitrogens with zero attached hydrogens (tertiary/aromatic N) is 3. The molecule has 1 heterocycles. The Morgan fingerprint density at radius 3 is 2.70 bits per heavy atom. The van der Waals surface area contributed by atoms with Gasteiger partial charge in [-0.25, -0.2) is 4.79 Å². The molecule has 0 aliphatic carbocycles. The van der Waals surface area contributed by atoms with Gasteiger partial charge in [0.2, 0.25) is 5.91 Å². The van der Waals surface area contributed by atoms with E-state index in [1.807, 2.05) is 6.07 Å². The molecule has 23 heavy (non-hydrogen) atoms. The molecule has 1 aliphatic heterocycles. The Morgan fingerprint density at radius 2 is 2.09 bits per heavy atom. The summed E-state index contributed by atoms with van der Waals surface area (Å²) in [5.41, 5.74) is 0.903. The van der Waals surface area contributed by atoms with Gasteiger partial charge in [0.05, 0.1) is 11.6 Å². The van der Waals surface area contributed by atoms with E-state index < -0.39 is 11.7 Å². The van der Waals surface area contributed by atoms with Crippen molar-refractivity contribution in [3.8, 4) is 6.07 Å². The number of nitriles is 1. The van der Waals surface area contributed by atoms with Crippen molar-refractivity contribution in [1.82, 2.24) is 9.80 Å². The maximum absolute atomic E-state index is 12.2. The predicted molar refractivity (Wildman–Crippen MR) is 84.4 cm³/mol. The fraction of sp³-hybridized carbons (Fsp3) is 0.471. The highest BCUT2D eigenvalue weighted by atomic mass is 16.6. The average Bonchev–Trinajstić information content (AvgIpc) is 2.47. The number of carbonyl (C=O) groups is 2. The van der Waals surface area contributed by atoms with Gasteiger partial charge >= 0.3 is 6.09 Å². The third-order valence-electron chi connectivity index (χ3n) is 3.40. The molecular formula is C17H21N3O3. The molecule has 122 valence electrons. The molecule has 0 atom stereocenters. The standard InChI is InChI=1S/C17H21N3O3/c1-17(2,3)23-16(22)20-8-7-19(15(21)12-20)11-14-6-4-5-13(9-14)10-18/h4-6,9H,7-8,11-12H2,1-3H3. The van der Waals surface area contributed by atoms with Crippen LogP contribution in [0.25, 0.3) is 0 Å². The summed E-state index contributed by atoms with van der Waals surface area (Å²) in [4.78, 5) is 27.4. The number of hydrogen-bond donors (Lipinski definition) is 0. The zero-order valence-electron chi connectivity index (χ0n) is 13.7. The average molecular weight is 315 g/mol. The van der Waals surface area contributed by atoms with Gasteiger partial charge in [-0.05, 0) is 38.5 Å². The second-order valence-corrected chi connectivity index (χ2v) is 6.53. The summed E-state index contributed by atoms with van der Waals surface area (Å²) < 4.78 is 5.29. The van der Waals surface area contributed by atoms with Crippen LogP contribution in [0.15, 0.2) is 24.3 Å². The molecule has 0 saturated carbocycles. The maximum Gasteiger partial charge on any atom is 0.410 e.